The van der Waals surface area contributed by atoms with Gasteiger partial charge in [0.2, 0.25) is 0 Å². The number of amides is 1. The van der Waals surface area contributed by atoms with E-state index in [1.165, 1.54) is 0 Å². The summed E-state index contributed by atoms with van der Waals surface area (Å²) in [6, 6.07) is 4.02. The van der Waals surface area contributed by atoms with E-state index in [0.29, 0.717) is 5.92 Å². The number of carbonyl (C=O) groups excluding carboxylic acids is 1. The highest BCUT2D eigenvalue weighted by Crippen LogP contribution is 2.27. The molecule has 1 saturated heterocycles. The van der Waals surface area contributed by atoms with Gasteiger partial charge in [0, 0.05) is 57.6 Å². The molecular weight excluding hydrogens is 316 g/mol. The van der Waals surface area contributed by atoms with Crippen molar-refractivity contribution in [3.8, 4) is 0 Å². The number of piperazine rings is 1. The lowest BCUT2D eigenvalue weighted by Gasteiger charge is -2.35. The maximum absolute atomic E-state index is 12.9. The van der Waals surface area contributed by atoms with E-state index in [4.69, 9.17) is 0 Å². The third-order valence-electron chi connectivity index (χ3n) is 5.76. The summed E-state index contributed by atoms with van der Waals surface area (Å²) in [4.78, 5) is 23.8. The molecule has 1 aromatic rings. The van der Waals surface area contributed by atoms with Crippen molar-refractivity contribution in [2.45, 2.75) is 31.7 Å². The zero-order valence-corrected chi connectivity index (χ0v) is 15.4. The standard InChI is InChI=1S/C19H30N4O2/c1-21-9-11-23(12-10-21)18-13-16(7-8-20-18)19(25)22(2)17-5-3-15(14-24)4-6-17/h7-8,13,15,17,24H,3-6,9-12,14H2,1-2H3. The van der Waals surface area contributed by atoms with Gasteiger partial charge in [-0.15, -0.1) is 0 Å². The molecule has 2 fully saturated rings. The number of likely N-dealkylation sites (N-methyl/N-ethyl adjacent to an activating group) is 1. The minimum Gasteiger partial charge on any atom is -0.396 e. The maximum Gasteiger partial charge on any atom is 0.254 e. The van der Waals surface area contributed by atoms with Gasteiger partial charge in [-0.2, -0.15) is 0 Å². The first-order valence-electron chi connectivity index (χ1n) is 9.36. The second-order valence-corrected chi connectivity index (χ2v) is 7.47. The quantitative estimate of drug-likeness (QED) is 0.894. The molecule has 2 aliphatic rings. The van der Waals surface area contributed by atoms with Crippen molar-refractivity contribution in [1.29, 1.82) is 0 Å². The third-order valence-corrected chi connectivity index (χ3v) is 5.76. The van der Waals surface area contributed by atoms with Gasteiger partial charge in [-0.1, -0.05) is 0 Å². The van der Waals surface area contributed by atoms with Crippen molar-refractivity contribution in [2.75, 3.05) is 51.8 Å². The number of carbonyl (C=O) groups is 1. The monoisotopic (exact) mass is 346 g/mol. The Morgan fingerprint density at radius 2 is 1.92 bits per heavy atom. The normalized spacial score (nSPS) is 25.0. The lowest BCUT2D eigenvalue weighted by Crippen LogP contribution is -2.45. The molecule has 1 N–H and O–H groups in total. The Bertz CT molecular complexity index is 579. The summed E-state index contributed by atoms with van der Waals surface area (Å²) < 4.78 is 0. The van der Waals surface area contributed by atoms with Gasteiger partial charge < -0.3 is 19.8 Å². The van der Waals surface area contributed by atoms with Gasteiger partial charge in [-0.05, 0) is 50.8 Å². The van der Waals surface area contributed by atoms with Crippen LogP contribution in [0.4, 0.5) is 5.82 Å². The molecule has 2 heterocycles. The van der Waals surface area contributed by atoms with Crippen LogP contribution in [0.1, 0.15) is 36.0 Å². The van der Waals surface area contributed by atoms with E-state index < -0.39 is 0 Å². The zero-order chi connectivity index (χ0) is 17.8. The molecule has 6 heteroatoms. The minimum atomic E-state index is 0.0743. The molecule has 3 rings (SSSR count). The predicted molar refractivity (Wildman–Crippen MR) is 98.9 cm³/mol. The Balaban J connectivity index is 1.65. The molecule has 0 aromatic carbocycles. The first kappa shape index (κ1) is 18.1. The van der Waals surface area contributed by atoms with Crippen LogP contribution < -0.4 is 4.90 Å². The fourth-order valence-corrected chi connectivity index (χ4v) is 3.84. The highest BCUT2D eigenvalue weighted by Gasteiger charge is 2.27. The van der Waals surface area contributed by atoms with Crippen molar-refractivity contribution in [2.24, 2.45) is 5.92 Å². The molecule has 1 aromatic heterocycles. The lowest BCUT2D eigenvalue weighted by molar-refractivity contribution is 0.0652. The number of aromatic nitrogens is 1. The summed E-state index contributed by atoms with van der Waals surface area (Å²) in [5.41, 5.74) is 0.718. The molecule has 0 unspecified atom stereocenters. The van der Waals surface area contributed by atoms with E-state index in [1.807, 2.05) is 24.1 Å². The van der Waals surface area contributed by atoms with Gasteiger partial charge in [0.15, 0.2) is 0 Å². The van der Waals surface area contributed by atoms with Gasteiger partial charge >= 0.3 is 0 Å². The second kappa shape index (κ2) is 8.15. The molecule has 25 heavy (non-hydrogen) atoms. The van der Waals surface area contributed by atoms with Crippen LogP contribution in [0.15, 0.2) is 18.3 Å². The number of aliphatic hydroxyl groups excluding tert-OH is 1. The molecule has 0 spiro atoms. The molecule has 1 aliphatic heterocycles. The van der Waals surface area contributed by atoms with Crippen LogP contribution in [0.25, 0.3) is 0 Å². The van der Waals surface area contributed by atoms with Gasteiger partial charge in [-0.3, -0.25) is 4.79 Å². The molecule has 0 radical (unpaired) electrons. The van der Waals surface area contributed by atoms with Gasteiger partial charge in [0.25, 0.3) is 5.91 Å². The van der Waals surface area contributed by atoms with Crippen molar-refractivity contribution >= 4 is 11.7 Å². The average Bonchev–Trinajstić information content (AvgIpc) is 2.67. The molecular formula is C19H30N4O2. The Morgan fingerprint density at radius 1 is 1.24 bits per heavy atom. The summed E-state index contributed by atoms with van der Waals surface area (Å²) in [6.07, 6.45) is 5.70. The molecule has 1 amide bonds. The number of hydrogen-bond donors (Lipinski definition) is 1. The largest absolute Gasteiger partial charge is 0.396 e. The highest BCUT2D eigenvalue weighted by atomic mass is 16.3. The number of nitrogens with zero attached hydrogens (tertiary/aromatic N) is 4. The van der Waals surface area contributed by atoms with E-state index in [9.17, 15) is 9.90 Å². The van der Waals surface area contributed by atoms with Crippen molar-refractivity contribution in [3.05, 3.63) is 23.9 Å². The predicted octanol–water partition coefficient (Wildman–Crippen LogP) is 1.46. The molecule has 0 atom stereocenters. The molecule has 1 aliphatic carbocycles. The van der Waals surface area contributed by atoms with Gasteiger partial charge in [0.1, 0.15) is 5.82 Å². The minimum absolute atomic E-state index is 0.0743. The lowest BCUT2D eigenvalue weighted by atomic mass is 9.86. The summed E-state index contributed by atoms with van der Waals surface area (Å²) in [6.45, 7) is 4.20. The molecule has 0 bridgehead atoms. The number of pyridine rings is 1. The van der Waals surface area contributed by atoms with Gasteiger partial charge in [-0.25, -0.2) is 4.98 Å². The number of aliphatic hydroxyl groups is 1. The van der Waals surface area contributed by atoms with Gasteiger partial charge in [0.05, 0.1) is 0 Å². The number of rotatable bonds is 4. The Labute approximate surface area is 150 Å². The summed E-state index contributed by atoms with van der Waals surface area (Å²) in [5, 5.41) is 9.28. The first-order valence-corrected chi connectivity index (χ1v) is 9.36. The maximum atomic E-state index is 12.9. The summed E-state index contributed by atoms with van der Waals surface area (Å²) >= 11 is 0. The average molecular weight is 346 g/mol. The molecule has 6 nitrogen and oxygen atoms in total. The molecule has 1 saturated carbocycles. The Kier molecular flexibility index (Phi) is 5.91. The van der Waals surface area contributed by atoms with E-state index in [0.717, 1.165) is 63.2 Å². The fraction of sp³-hybridized carbons (Fsp3) is 0.684. The Hall–Kier alpha value is -1.66. The van der Waals surface area contributed by atoms with Crippen LogP contribution in [-0.4, -0.2) is 78.7 Å². The molecule has 138 valence electrons. The van der Waals surface area contributed by atoms with Crippen LogP contribution in [0.5, 0.6) is 0 Å². The highest BCUT2D eigenvalue weighted by molar-refractivity contribution is 5.94. The van der Waals surface area contributed by atoms with E-state index in [2.05, 4.69) is 21.8 Å². The van der Waals surface area contributed by atoms with Crippen LogP contribution in [0, 0.1) is 5.92 Å². The van der Waals surface area contributed by atoms with Crippen LogP contribution in [0.3, 0.4) is 0 Å². The van der Waals surface area contributed by atoms with Crippen LogP contribution in [-0.2, 0) is 0 Å². The third kappa shape index (κ3) is 4.30. The van der Waals surface area contributed by atoms with Crippen LogP contribution in [0.2, 0.25) is 0 Å². The summed E-state index contributed by atoms with van der Waals surface area (Å²) in [7, 11) is 4.04. The number of anilines is 1. The second-order valence-electron chi connectivity index (χ2n) is 7.47. The van der Waals surface area contributed by atoms with E-state index >= 15 is 0 Å². The zero-order valence-electron chi connectivity index (χ0n) is 15.4. The van der Waals surface area contributed by atoms with Crippen molar-refractivity contribution in [3.63, 3.8) is 0 Å². The van der Waals surface area contributed by atoms with Crippen LogP contribution >= 0.6 is 0 Å². The summed E-state index contributed by atoms with van der Waals surface area (Å²) in [5.74, 6) is 1.38. The SMILES string of the molecule is CN1CCN(c2cc(C(=O)N(C)C3CCC(CO)CC3)ccn2)CC1. The fourth-order valence-electron chi connectivity index (χ4n) is 3.84. The smallest absolute Gasteiger partial charge is 0.254 e. The topological polar surface area (TPSA) is 59.9 Å². The van der Waals surface area contributed by atoms with E-state index in [1.54, 1.807) is 6.20 Å². The Morgan fingerprint density at radius 3 is 2.56 bits per heavy atom. The van der Waals surface area contributed by atoms with E-state index in [-0.39, 0.29) is 18.6 Å². The first-order chi connectivity index (χ1) is 12.1. The van der Waals surface area contributed by atoms with Crippen molar-refractivity contribution < 1.29 is 9.90 Å². The van der Waals surface area contributed by atoms with Crippen molar-refractivity contribution in [1.82, 2.24) is 14.8 Å². The number of hydrogen-bond acceptors (Lipinski definition) is 5.